The average molecular weight is 312 g/mol. The fraction of sp³-hybridized carbons (Fsp3) is 0.316. The molecule has 0 spiro atoms. The third-order valence-corrected chi connectivity index (χ3v) is 3.94. The molecule has 4 nitrogen and oxygen atoms in total. The molecule has 2 aromatic carbocycles. The van der Waals surface area contributed by atoms with Gasteiger partial charge in [-0.2, -0.15) is 0 Å². The first-order valence-electron chi connectivity index (χ1n) is 7.83. The quantitative estimate of drug-likeness (QED) is 0.826. The van der Waals surface area contributed by atoms with E-state index in [1.165, 1.54) is 5.56 Å². The molecule has 1 amide bonds. The Hall–Kier alpha value is -2.17. The average Bonchev–Trinajstić information content (AvgIpc) is 2.56. The first-order valence-corrected chi connectivity index (χ1v) is 7.83. The van der Waals surface area contributed by atoms with Crippen molar-refractivity contribution in [1.82, 2.24) is 4.90 Å². The molecule has 0 heterocycles. The lowest BCUT2D eigenvalue weighted by molar-refractivity contribution is -0.117. The molecule has 1 atom stereocenters. The Bertz CT molecular complexity index is 628. The summed E-state index contributed by atoms with van der Waals surface area (Å²) in [7, 11) is 1.83. The second-order valence-corrected chi connectivity index (χ2v) is 5.81. The minimum Gasteiger partial charge on any atom is -0.395 e. The number of likely N-dealkylation sites (N-methyl/N-ethyl adjacent to an activating group) is 1. The van der Waals surface area contributed by atoms with Crippen LogP contribution in [0.1, 0.15) is 18.1 Å². The fourth-order valence-corrected chi connectivity index (χ4v) is 2.32. The predicted octanol–water partition coefficient (Wildman–Crippen LogP) is 2.53. The molecule has 1 unspecified atom stereocenters. The number of carbonyl (C=O) groups is 1. The summed E-state index contributed by atoms with van der Waals surface area (Å²) in [5.74, 6) is -0.0756. The van der Waals surface area contributed by atoms with Crippen molar-refractivity contribution in [1.29, 1.82) is 0 Å². The summed E-state index contributed by atoms with van der Waals surface area (Å²) in [6.07, 6.45) is 0.778. The minimum absolute atomic E-state index is 0.0361. The molecule has 122 valence electrons. The van der Waals surface area contributed by atoms with Crippen molar-refractivity contribution in [2.45, 2.75) is 19.4 Å². The smallest absolute Gasteiger partial charge is 0.238 e. The van der Waals surface area contributed by atoms with Gasteiger partial charge in [0.15, 0.2) is 0 Å². The Morgan fingerprint density at radius 2 is 1.78 bits per heavy atom. The first-order chi connectivity index (χ1) is 11.1. The standard InChI is InChI=1S/C19H24N2O2/c1-15(14-22)21(2)13-19(23)20-18-11-7-6-10-17(18)12-16-8-4-3-5-9-16/h3-11,15,22H,12-14H2,1-2H3,(H,20,23). The molecule has 0 radical (unpaired) electrons. The van der Waals surface area contributed by atoms with Crippen LogP contribution in [0.5, 0.6) is 0 Å². The molecule has 2 rings (SSSR count). The zero-order valence-electron chi connectivity index (χ0n) is 13.7. The molecule has 0 aliphatic heterocycles. The normalized spacial score (nSPS) is 12.2. The highest BCUT2D eigenvalue weighted by atomic mass is 16.3. The van der Waals surface area contributed by atoms with Crippen molar-refractivity contribution in [3.8, 4) is 0 Å². The van der Waals surface area contributed by atoms with Crippen LogP contribution in [0.3, 0.4) is 0 Å². The van der Waals surface area contributed by atoms with E-state index >= 15 is 0 Å². The number of anilines is 1. The van der Waals surface area contributed by atoms with Gasteiger partial charge in [-0.25, -0.2) is 0 Å². The van der Waals surface area contributed by atoms with Gasteiger partial charge < -0.3 is 10.4 Å². The van der Waals surface area contributed by atoms with Crippen LogP contribution < -0.4 is 5.32 Å². The molecule has 23 heavy (non-hydrogen) atoms. The van der Waals surface area contributed by atoms with Gasteiger partial charge in [0.2, 0.25) is 5.91 Å². The van der Waals surface area contributed by atoms with Crippen molar-refractivity contribution in [3.63, 3.8) is 0 Å². The second kappa shape index (κ2) is 8.46. The Kier molecular flexibility index (Phi) is 6.32. The highest BCUT2D eigenvalue weighted by Crippen LogP contribution is 2.19. The molecule has 0 saturated carbocycles. The number of hydrogen-bond acceptors (Lipinski definition) is 3. The Morgan fingerprint density at radius 3 is 2.48 bits per heavy atom. The number of benzene rings is 2. The van der Waals surface area contributed by atoms with Gasteiger partial charge in [-0.15, -0.1) is 0 Å². The summed E-state index contributed by atoms with van der Waals surface area (Å²) in [5.41, 5.74) is 3.14. The monoisotopic (exact) mass is 312 g/mol. The van der Waals surface area contributed by atoms with E-state index in [9.17, 15) is 4.79 Å². The van der Waals surface area contributed by atoms with Gasteiger partial charge in [0.1, 0.15) is 0 Å². The number of amides is 1. The molecular formula is C19H24N2O2. The summed E-state index contributed by atoms with van der Waals surface area (Å²) in [6.45, 7) is 2.17. The second-order valence-electron chi connectivity index (χ2n) is 5.81. The van der Waals surface area contributed by atoms with Crippen LogP contribution in [0.15, 0.2) is 54.6 Å². The Morgan fingerprint density at radius 1 is 1.13 bits per heavy atom. The third-order valence-electron chi connectivity index (χ3n) is 3.94. The lowest BCUT2D eigenvalue weighted by Gasteiger charge is -2.22. The van der Waals surface area contributed by atoms with Crippen LogP contribution in [-0.4, -0.2) is 42.2 Å². The van der Waals surface area contributed by atoms with Gasteiger partial charge in [0, 0.05) is 11.7 Å². The molecule has 0 aliphatic rings. The van der Waals surface area contributed by atoms with E-state index in [1.54, 1.807) is 0 Å². The van der Waals surface area contributed by atoms with E-state index in [2.05, 4.69) is 17.4 Å². The molecule has 4 heteroatoms. The van der Waals surface area contributed by atoms with Gasteiger partial charge in [-0.05, 0) is 37.6 Å². The molecule has 0 aliphatic carbocycles. The SMILES string of the molecule is CC(CO)N(C)CC(=O)Nc1ccccc1Cc1ccccc1. The summed E-state index contributed by atoms with van der Waals surface area (Å²) in [5, 5.41) is 12.1. The Balaban J connectivity index is 2.04. The number of aliphatic hydroxyl groups excluding tert-OH is 1. The van der Waals surface area contributed by atoms with Crippen molar-refractivity contribution < 1.29 is 9.90 Å². The number of carbonyl (C=O) groups excluding carboxylic acids is 1. The summed E-state index contributed by atoms with van der Waals surface area (Å²) in [4.78, 5) is 14.0. The summed E-state index contributed by atoms with van der Waals surface area (Å²) in [6, 6.07) is 18.0. The fourth-order valence-electron chi connectivity index (χ4n) is 2.32. The number of rotatable bonds is 7. The van der Waals surface area contributed by atoms with Crippen LogP contribution in [0.25, 0.3) is 0 Å². The molecule has 0 bridgehead atoms. The molecule has 0 saturated heterocycles. The number of hydrogen-bond donors (Lipinski definition) is 2. The third kappa shape index (κ3) is 5.20. The van der Waals surface area contributed by atoms with E-state index in [0.717, 1.165) is 17.7 Å². The lowest BCUT2D eigenvalue weighted by atomic mass is 10.0. The Labute approximate surface area is 137 Å². The van der Waals surface area contributed by atoms with E-state index in [1.807, 2.05) is 61.3 Å². The van der Waals surface area contributed by atoms with Gasteiger partial charge in [-0.3, -0.25) is 9.69 Å². The molecule has 0 aromatic heterocycles. The highest BCUT2D eigenvalue weighted by molar-refractivity contribution is 5.93. The van der Waals surface area contributed by atoms with Crippen molar-refractivity contribution >= 4 is 11.6 Å². The van der Waals surface area contributed by atoms with Crippen LogP contribution in [0.4, 0.5) is 5.69 Å². The highest BCUT2D eigenvalue weighted by Gasteiger charge is 2.13. The van der Waals surface area contributed by atoms with Crippen molar-refractivity contribution in [2.24, 2.45) is 0 Å². The molecule has 2 aromatic rings. The number of aliphatic hydroxyl groups is 1. The first kappa shape index (κ1) is 17.2. The molecular weight excluding hydrogens is 288 g/mol. The minimum atomic E-state index is -0.0756. The van der Waals surface area contributed by atoms with Crippen LogP contribution >= 0.6 is 0 Å². The van der Waals surface area contributed by atoms with Crippen LogP contribution in [0.2, 0.25) is 0 Å². The largest absolute Gasteiger partial charge is 0.395 e. The summed E-state index contributed by atoms with van der Waals surface area (Å²) >= 11 is 0. The van der Waals surface area contributed by atoms with Gasteiger partial charge >= 0.3 is 0 Å². The van der Waals surface area contributed by atoms with Crippen molar-refractivity contribution in [3.05, 3.63) is 65.7 Å². The number of para-hydroxylation sites is 1. The lowest BCUT2D eigenvalue weighted by Crippen LogP contribution is -2.38. The van der Waals surface area contributed by atoms with E-state index < -0.39 is 0 Å². The zero-order chi connectivity index (χ0) is 16.7. The maximum Gasteiger partial charge on any atom is 0.238 e. The van der Waals surface area contributed by atoms with Crippen LogP contribution in [0, 0.1) is 0 Å². The van der Waals surface area contributed by atoms with Gasteiger partial charge in [0.05, 0.1) is 13.2 Å². The maximum absolute atomic E-state index is 12.2. The molecule has 2 N–H and O–H groups in total. The number of nitrogens with zero attached hydrogens (tertiary/aromatic N) is 1. The van der Waals surface area contributed by atoms with Crippen molar-refractivity contribution in [2.75, 3.05) is 25.5 Å². The van der Waals surface area contributed by atoms with Crippen LogP contribution in [-0.2, 0) is 11.2 Å². The van der Waals surface area contributed by atoms with Gasteiger partial charge in [-0.1, -0.05) is 48.5 Å². The maximum atomic E-state index is 12.2. The zero-order valence-corrected chi connectivity index (χ0v) is 13.7. The topological polar surface area (TPSA) is 52.6 Å². The predicted molar refractivity (Wildman–Crippen MR) is 93.5 cm³/mol. The van der Waals surface area contributed by atoms with Gasteiger partial charge in [0.25, 0.3) is 0 Å². The van der Waals surface area contributed by atoms with E-state index in [4.69, 9.17) is 5.11 Å². The van der Waals surface area contributed by atoms with E-state index in [0.29, 0.717) is 0 Å². The summed E-state index contributed by atoms with van der Waals surface area (Å²) < 4.78 is 0. The number of nitrogens with one attached hydrogen (secondary N) is 1. The molecule has 0 fully saturated rings. The van der Waals surface area contributed by atoms with E-state index in [-0.39, 0.29) is 25.1 Å².